The molecule has 4 unspecified atom stereocenters. The first-order valence-corrected chi connectivity index (χ1v) is 9.63. The SMILES string of the molecule is CCCCN1C(=O)C2C(c3cccs3)NC(C(=O)O)(C(C)C)C2C1=O. The third-order valence-electron chi connectivity index (χ3n) is 5.54. The van der Waals surface area contributed by atoms with E-state index >= 15 is 0 Å². The largest absolute Gasteiger partial charge is 0.480 e. The van der Waals surface area contributed by atoms with E-state index in [0.29, 0.717) is 6.54 Å². The van der Waals surface area contributed by atoms with Crippen LogP contribution in [0, 0.1) is 17.8 Å². The maximum Gasteiger partial charge on any atom is 0.325 e. The number of fused-ring (bicyclic) bond motifs is 1. The number of likely N-dealkylation sites (tertiary alicyclic amines) is 1. The summed E-state index contributed by atoms with van der Waals surface area (Å²) in [5, 5.41) is 15.1. The van der Waals surface area contributed by atoms with Crippen LogP contribution in [0.15, 0.2) is 17.5 Å². The predicted molar refractivity (Wildman–Crippen MR) is 94.0 cm³/mol. The Morgan fingerprint density at radius 2 is 2.12 bits per heavy atom. The van der Waals surface area contributed by atoms with Crippen molar-refractivity contribution in [3.63, 3.8) is 0 Å². The predicted octanol–water partition coefficient (Wildman–Crippen LogP) is 2.27. The molecule has 4 atom stereocenters. The molecule has 2 aliphatic heterocycles. The summed E-state index contributed by atoms with van der Waals surface area (Å²) in [6.45, 7) is 5.95. The van der Waals surface area contributed by atoms with Crippen molar-refractivity contribution in [3.05, 3.63) is 22.4 Å². The summed E-state index contributed by atoms with van der Waals surface area (Å²) in [6.07, 6.45) is 1.60. The number of carboxylic acids is 1. The second kappa shape index (κ2) is 6.53. The molecule has 3 heterocycles. The molecule has 0 aliphatic carbocycles. The molecule has 7 heteroatoms. The van der Waals surface area contributed by atoms with Crippen LogP contribution in [0.25, 0.3) is 0 Å². The van der Waals surface area contributed by atoms with Gasteiger partial charge in [0.25, 0.3) is 0 Å². The number of hydrogen-bond donors (Lipinski definition) is 2. The van der Waals surface area contributed by atoms with Crippen molar-refractivity contribution in [3.8, 4) is 0 Å². The lowest BCUT2D eigenvalue weighted by Crippen LogP contribution is -2.59. The summed E-state index contributed by atoms with van der Waals surface area (Å²) in [5.41, 5.74) is -1.42. The molecule has 3 rings (SSSR count). The van der Waals surface area contributed by atoms with E-state index in [1.165, 1.54) is 16.2 Å². The lowest BCUT2D eigenvalue weighted by atomic mass is 9.73. The van der Waals surface area contributed by atoms with Crippen molar-refractivity contribution in [2.75, 3.05) is 6.54 Å². The summed E-state index contributed by atoms with van der Waals surface area (Å²) in [5.74, 6) is -3.48. The highest BCUT2D eigenvalue weighted by atomic mass is 32.1. The van der Waals surface area contributed by atoms with E-state index in [2.05, 4.69) is 5.32 Å². The van der Waals surface area contributed by atoms with Crippen LogP contribution in [0.1, 0.15) is 44.5 Å². The van der Waals surface area contributed by atoms with Crippen LogP contribution in [-0.2, 0) is 14.4 Å². The van der Waals surface area contributed by atoms with Crippen molar-refractivity contribution in [1.29, 1.82) is 0 Å². The molecule has 2 amide bonds. The molecule has 0 spiro atoms. The van der Waals surface area contributed by atoms with E-state index in [9.17, 15) is 19.5 Å². The number of aliphatic carboxylic acids is 1. The number of carbonyl (C=O) groups excluding carboxylic acids is 2. The molecular formula is C18H24N2O4S. The summed E-state index contributed by atoms with van der Waals surface area (Å²) >= 11 is 1.48. The molecule has 25 heavy (non-hydrogen) atoms. The smallest absolute Gasteiger partial charge is 0.325 e. The average molecular weight is 364 g/mol. The van der Waals surface area contributed by atoms with Gasteiger partial charge >= 0.3 is 5.97 Å². The molecule has 136 valence electrons. The Balaban J connectivity index is 2.09. The van der Waals surface area contributed by atoms with Gasteiger partial charge in [0.1, 0.15) is 5.54 Å². The number of unbranched alkanes of at least 4 members (excludes halogenated alkanes) is 1. The minimum Gasteiger partial charge on any atom is -0.480 e. The lowest BCUT2D eigenvalue weighted by Gasteiger charge is -2.34. The van der Waals surface area contributed by atoms with E-state index in [-0.39, 0.29) is 17.7 Å². The summed E-state index contributed by atoms with van der Waals surface area (Å²) in [4.78, 5) is 40.5. The number of imide groups is 1. The highest BCUT2D eigenvalue weighted by Crippen LogP contribution is 2.52. The van der Waals surface area contributed by atoms with Crippen LogP contribution >= 0.6 is 11.3 Å². The molecule has 0 saturated carbocycles. The van der Waals surface area contributed by atoms with E-state index < -0.39 is 29.4 Å². The van der Waals surface area contributed by atoms with Gasteiger partial charge in [-0.05, 0) is 23.8 Å². The number of rotatable bonds is 6. The third kappa shape index (κ3) is 2.52. The van der Waals surface area contributed by atoms with Gasteiger partial charge in [0.15, 0.2) is 0 Å². The lowest BCUT2D eigenvalue weighted by molar-refractivity contribution is -0.153. The number of hydrogen-bond acceptors (Lipinski definition) is 5. The zero-order valence-corrected chi connectivity index (χ0v) is 15.5. The summed E-state index contributed by atoms with van der Waals surface area (Å²) in [6, 6.07) is 3.33. The Morgan fingerprint density at radius 1 is 1.40 bits per heavy atom. The molecule has 2 saturated heterocycles. The Labute approximate surface area is 151 Å². The first kappa shape index (κ1) is 18.1. The highest BCUT2D eigenvalue weighted by Gasteiger charge is 2.69. The van der Waals surface area contributed by atoms with Crippen molar-refractivity contribution in [2.45, 2.75) is 45.2 Å². The van der Waals surface area contributed by atoms with E-state index in [4.69, 9.17) is 0 Å². The van der Waals surface area contributed by atoms with E-state index in [0.717, 1.165) is 17.7 Å². The standard InChI is InChI=1S/C18H24N2O4S/c1-4-5-8-20-15(21)12-13(16(20)22)18(10(2)3,17(23)24)19-14(12)11-7-6-9-25-11/h6-7,9-10,12-14,19H,4-5,8H2,1-3H3,(H,23,24). The first-order valence-electron chi connectivity index (χ1n) is 8.76. The van der Waals surface area contributed by atoms with Gasteiger partial charge in [-0.25, -0.2) is 0 Å². The van der Waals surface area contributed by atoms with Gasteiger partial charge in [-0.3, -0.25) is 24.6 Å². The minimum absolute atomic E-state index is 0.238. The maximum atomic E-state index is 13.0. The third-order valence-corrected chi connectivity index (χ3v) is 6.49. The van der Waals surface area contributed by atoms with Crippen molar-refractivity contribution in [1.82, 2.24) is 10.2 Å². The number of thiophene rings is 1. The maximum absolute atomic E-state index is 13.0. The first-order chi connectivity index (χ1) is 11.9. The summed E-state index contributed by atoms with van der Waals surface area (Å²) < 4.78 is 0. The molecule has 0 aromatic carbocycles. The van der Waals surface area contributed by atoms with Crippen molar-refractivity contribution in [2.24, 2.45) is 17.8 Å². The monoisotopic (exact) mass is 364 g/mol. The van der Waals surface area contributed by atoms with Gasteiger partial charge in [-0.15, -0.1) is 11.3 Å². The second-order valence-corrected chi connectivity index (χ2v) is 8.13. The quantitative estimate of drug-likeness (QED) is 0.756. The number of carbonyl (C=O) groups is 3. The topological polar surface area (TPSA) is 86.7 Å². The van der Waals surface area contributed by atoms with Crippen molar-refractivity contribution < 1.29 is 19.5 Å². The Morgan fingerprint density at radius 3 is 2.64 bits per heavy atom. The van der Waals surface area contributed by atoms with Gasteiger partial charge in [0, 0.05) is 11.4 Å². The highest BCUT2D eigenvalue weighted by molar-refractivity contribution is 7.10. The van der Waals surface area contributed by atoms with Crippen LogP contribution in [0.3, 0.4) is 0 Å². The second-order valence-electron chi connectivity index (χ2n) is 7.15. The Kier molecular flexibility index (Phi) is 4.72. The number of nitrogens with one attached hydrogen (secondary N) is 1. The number of amides is 2. The van der Waals surface area contributed by atoms with E-state index in [1.807, 2.05) is 24.4 Å². The van der Waals surface area contributed by atoms with Crippen LogP contribution in [0.2, 0.25) is 0 Å². The van der Waals surface area contributed by atoms with Crippen LogP contribution < -0.4 is 5.32 Å². The molecule has 2 N–H and O–H groups in total. The normalized spacial score (nSPS) is 31.8. The van der Waals surface area contributed by atoms with Gasteiger partial charge < -0.3 is 5.11 Å². The zero-order chi connectivity index (χ0) is 18.4. The van der Waals surface area contributed by atoms with E-state index in [1.54, 1.807) is 13.8 Å². The van der Waals surface area contributed by atoms with Crippen molar-refractivity contribution >= 4 is 29.1 Å². The van der Waals surface area contributed by atoms with Crippen LogP contribution in [-0.4, -0.2) is 39.9 Å². The fourth-order valence-corrected chi connectivity index (χ4v) is 5.05. The van der Waals surface area contributed by atoms with Gasteiger partial charge in [-0.1, -0.05) is 33.3 Å². The number of nitrogens with zero attached hydrogens (tertiary/aromatic N) is 1. The van der Waals surface area contributed by atoms with Crippen LogP contribution in [0.4, 0.5) is 0 Å². The minimum atomic E-state index is -1.42. The Bertz CT molecular complexity index is 687. The zero-order valence-electron chi connectivity index (χ0n) is 14.7. The fourth-order valence-electron chi connectivity index (χ4n) is 4.22. The van der Waals surface area contributed by atoms with Gasteiger partial charge in [0.2, 0.25) is 11.8 Å². The molecule has 2 aliphatic rings. The molecular weight excluding hydrogens is 340 g/mol. The molecule has 6 nitrogen and oxygen atoms in total. The summed E-state index contributed by atoms with van der Waals surface area (Å²) in [7, 11) is 0. The van der Waals surface area contributed by atoms with Crippen LogP contribution in [0.5, 0.6) is 0 Å². The van der Waals surface area contributed by atoms with Gasteiger partial charge in [0.05, 0.1) is 17.9 Å². The molecule has 0 radical (unpaired) electrons. The molecule has 0 bridgehead atoms. The molecule has 1 aromatic heterocycles. The molecule has 1 aromatic rings. The average Bonchev–Trinajstić information content (AvgIpc) is 3.24. The molecule has 2 fully saturated rings. The Hall–Kier alpha value is -1.73. The van der Waals surface area contributed by atoms with Gasteiger partial charge in [-0.2, -0.15) is 0 Å². The fraction of sp³-hybridized carbons (Fsp3) is 0.611. The number of carboxylic acid groups (broad SMARTS) is 1.